The summed E-state index contributed by atoms with van der Waals surface area (Å²) in [6, 6.07) is 14.4. The third-order valence-electron chi connectivity index (χ3n) is 3.71. The molecule has 1 saturated carbocycles. The molecule has 0 amide bonds. The molecule has 20 heavy (non-hydrogen) atoms. The zero-order valence-electron chi connectivity index (χ0n) is 11.5. The third-order valence-corrected chi connectivity index (χ3v) is 4.02. The Balaban J connectivity index is 1.73. The molecule has 3 heteroatoms. The summed E-state index contributed by atoms with van der Waals surface area (Å²) < 4.78 is 5.24. The van der Waals surface area contributed by atoms with Crippen LogP contribution in [0.3, 0.4) is 0 Å². The highest BCUT2D eigenvalue weighted by atomic mass is 35.5. The standard InChI is InChI=1S/C17H18ClNO/c1-20-17-10-14(8-9-16(17)18)19-11-13-4-2-3-5-15(13)12-6-7-12/h2-5,8-10,12,19H,6-7,11H2,1H3. The minimum absolute atomic E-state index is 0.636. The number of anilines is 1. The Kier molecular flexibility index (Phi) is 3.83. The summed E-state index contributed by atoms with van der Waals surface area (Å²) in [6.07, 6.45) is 2.65. The third kappa shape index (κ3) is 2.91. The SMILES string of the molecule is COc1cc(NCc2ccccc2C2CC2)ccc1Cl. The van der Waals surface area contributed by atoms with Gasteiger partial charge in [0.2, 0.25) is 0 Å². The Morgan fingerprint density at radius 3 is 2.75 bits per heavy atom. The minimum atomic E-state index is 0.636. The average Bonchev–Trinajstić information content (AvgIpc) is 3.31. The second-order valence-corrected chi connectivity index (χ2v) is 5.58. The summed E-state index contributed by atoms with van der Waals surface area (Å²) >= 11 is 6.04. The summed E-state index contributed by atoms with van der Waals surface area (Å²) in [5, 5.41) is 4.08. The number of hydrogen-bond acceptors (Lipinski definition) is 2. The van der Waals surface area contributed by atoms with E-state index in [0.717, 1.165) is 18.2 Å². The lowest BCUT2D eigenvalue weighted by molar-refractivity contribution is 0.415. The topological polar surface area (TPSA) is 21.3 Å². The van der Waals surface area contributed by atoms with Gasteiger partial charge in [0.25, 0.3) is 0 Å². The molecule has 0 bridgehead atoms. The fourth-order valence-electron chi connectivity index (χ4n) is 2.45. The van der Waals surface area contributed by atoms with Crippen LogP contribution in [0.15, 0.2) is 42.5 Å². The first-order valence-corrected chi connectivity index (χ1v) is 7.31. The lowest BCUT2D eigenvalue weighted by Gasteiger charge is -2.12. The van der Waals surface area contributed by atoms with Crippen molar-refractivity contribution in [3.05, 3.63) is 58.6 Å². The lowest BCUT2D eigenvalue weighted by atomic mass is 10.0. The van der Waals surface area contributed by atoms with Crippen LogP contribution >= 0.6 is 11.6 Å². The predicted molar refractivity (Wildman–Crippen MR) is 83.7 cm³/mol. The maximum absolute atomic E-state index is 6.04. The molecule has 1 N–H and O–H groups in total. The van der Waals surface area contributed by atoms with Crippen LogP contribution in [-0.2, 0) is 6.54 Å². The van der Waals surface area contributed by atoms with Crippen molar-refractivity contribution in [3.8, 4) is 5.75 Å². The van der Waals surface area contributed by atoms with Crippen molar-refractivity contribution in [2.75, 3.05) is 12.4 Å². The van der Waals surface area contributed by atoms with Crippen LogP contribution in [0.1, 0.15) is 29.9 Å². The molecule has 1 aliphatic rings. The Hall–Kier alpha value is -1.67. The van der Waals surface area contributed by atoms with Gasteiger partial charge in [-0.25, -0.2) is 0 Å². The summed E-state index contributed by atoms with van der Waals surface area (Å²) in [6.45, 7) is 0.831. The van der Waals surface area contributed by atoms with Gasteiger partial charge in [0.1, 0.15) is 5.75 Å². The lowest BCUT2D eigenvalue weighted by Crippen LogP contribution is -2.02. The van der Waals surface area contributed by atoms with E-state index >= 15 is 0 Å². The molecule has 0 heterocycles. The van der Waals surface area contributed by atoms with Crippen LogP contribution < -0.4 is 10.1 Å². The van der Waals surface area contributed by atoms with Crippen molar-refractivity contribution in [1.82, 2.24) is 0 Å². The quantitative estimate of drug-likeness (QED) is 0.850. The van der Waals surface area contributed by atoms with E-state index in [1.165, 1.54) is 24.0 Å². The van der Waals surface area contributed by atoms with Crippen molar-refractivity contribution < 1.29 is 4.74 Å². The highest BCUT2D eigenvalue weighted by Crippen LogP contribution is 2.41. The maximum atomic E-state index is 6.04. The van der Waals surface area contributed by atoms with E-state index in [9.17, 15) is 0 Å². The average molecular weight is 288 g/mol. The van der Waals surface area contributed by atoms with Crippen molar-refractivity contribution in [3.63, 3.8) is 0 Å². The van der Waals surface area contributed by atoms with E-state index in [0.29, 0.717) is 10.8 Å². The maximum Gasteiger partial charge on any atom is 0.139 e. The molecule has 0 atom stereocenters. The van der Waals surface area contributed by atoms with E-state index < -0.39 is 0 Å². The summed E-state index contributed by atoms with van der Waals surface area (Å²) in [7, 11) is 1.63. The molecule has 1 aliphatic carbocycles. The second-order valence-electron chi connectivity index (χ2n) is 5.18. The van der Waals surface area contributed by atoms with Gasteiger partial charge in [-0.05, 0) is 42.0 Å². The first kappa shape index (κ1) is 13.3. The molecule has 0 saturated heterocycles. The normalized spacial score (nSPS) is 14.1. The van der Waals surface area contributed by atoms with E-state index in [1.807, 2.05) is 18.2 Å². The zero-order chi connectivity index (χ0) is 13.9. The Bertz CT molecular complexity index is 608. The van der Waals surface area contributed by atoms with Crippen molar-refractivity contribution in [1.29, 1.82) is 0 Å². The highest BCUT2D eigenvalue weighted by Gasteiger charge is 2.25. The summed E-state index contributed by atoms with van der Waals surface area (Å²) in [4.78, 5) is 0. The van der Waals surface area contributed by atoms with Gasteiger partial charge in [-0.1, -0.05) is 35.9 Å². The monoisotopic (exact) mass is 287 g/mol. The number of halogens is 1. The van der Waals surface area contributed by atoms with Crippen molar-refractivity contribution in [2.45, 2.75) is 25.3 Å². The fraction of sp³-hybridized carbons (Fsp3) is 0.294. The van der Waals surface area contributed by atoms with Crippen molar-refractivity contribution >= 4 is 17.3 Å². The van der Waals surface area contributed by atoms with Crippen LogP contribution in [0.25, 0.3) is 0 Å². The largest absolute Gasteiger partial charge is 0.495 e. The van der Waals surface area contributed by atoms with Gasteiger partial charge in [0.05, 0.1) is 12.1 Å². The molecule has 0 spiro atoms. The van der Waals surface area contributed by atoms with Gasteiger partial charge < -0.3 is 10.1 Å². The highest BCUT2D eigenvalue weighted by molar-refractivity contribution is 6.32. The van der Waals surface area contributed by atoms with Crippen LogP contribution in [0.5, 0.6) is 5.75 Å². The van der Waals surface area contributed by atoms with Crippen molar-refractivity contribution in [2.24, 2.45) is 0 Å². The second kappa shape index (κ2) is 5.76. The molecular formula is C17H18ClNO. The number of methoxy groups -OCH3 is 1. The number of benzene rings is 2. The molecule has 0 aliphatic heterocycles. The van der Waals surface area contributed by atoms with Gasteiger partial charge >= 0.3 is 0 Å². The van der Waals surface area contributed by atoms with E-state index in [4.69, 9.17) is 16.3 Å². The Morgan fingerprint density at radius 1 is 1.20 bits per heavy atom. The predicted octanol–water partition coefficient (Wildman–Crippen LogP) is 4.84. The summed E-state index contributed by atoms with van der Waals surface area (Å²) in [5.74, 6) is 1.47. The fourth-order valence-corrected chi connectivity index (χ4v) is 2.65. The summed E-state index contributed by atoms with van der Waals surface area (Å²) in [5.41, 5.74) is 3.89. The van der Waals surface area contributed by atoms with E-state index in [1.54, 1.807) is 7.11 Å². The number of hydrogen-bond donors (Lipinski definition) is 1. The molecule has 104 valence electrons. The van der Waals surface area contributed by atoms with Gasteiger partial charge in [-0.2, -0.15) is 0 Å². The van der Waals surface area contributed by atoms with Crippen LogP contribution in [-0.4, -0.2) is 7.11 Å². The van der Waals surface area contributed by atoms with Gasteiger partial charge in [-0.3, -0.25) is 0 Å². The molecule has 2 nitrogen and oxygen atoms in total. The van der Waals surface area contributed by atoms with Gasteiger partial charge in [0.15, 0.2) is 0 Å². The first-order chi connectivity index (χ1) is 9.78. The molecular weight excluding hydrogens is 270 g/mol. The molecule has 0 aromatic heterocycles. The Morgan fingerprint density at radius 2 is 2.00 bits per heavy atom. The van der Waals surface area contributed by atoms with Crippen LogP contribution in [0, 0.1) is 0 Å². The molecule has 1 fully saturated rings. The zero-order valence-corrected chi connectivity index (χ0v) is 12.3. The number of ether oxygens (including phenoxy) is 1. The molecule has 0 unspecified atom stereocenters. The number of rotatable bonds is 5. The van der Waals surface area contributed by atoms with Crippen LogP contribution in [0.4, 0.5) is 5.69 Å². The minimum Gasteiger partial charge on any atom is -0.495 e. The molecule has 3 rings (SSSR count). The molecule has 2 aromatic carbocycles. The van der Waals surface area contributed by atoms with E-state index in [-0.39, 0.29) is 0 Å². The van der Waals surface area contributed by atoms with Crippen LogP contribution in [0.2, 0.25) is 5.02 Å². The molecule has 2 aromatic rings. The first-order valence-electron chi connectivity index (χ1n) is 6.93. The molecule has 0 radical (unpaired) electrons. The van der Waals surface area contributed by atoms with Gasteiger partial charge in [-0.15, -0.1) is 0 Å². The van der Waals surface area contributed by atoms with E-state index in [2.05, 4.69) is 29.6 Å². The number of nitrogens with one attached hydrogen (secondary N) is 1. The van der Waals surface area contributed by atoms with Gasteiger partial charge in [0, 0.05) is 18.3 Å². The Labute approximate surface area is 124 Å². The smallest absolute Gasteiger partial charge is 0.139 e.